The molecule has 22 heavy (non-hydrogen) atoms. The summed E-state index contributed by atoms with van der Waals surface area (Å²) >= 11 is 6.99. The van der Waals surface area contributed by atoms with Crippen LogP contribution in [-0.2, 0) is 4.79 Å². The van der Waals surface area contributed by atoms with Crippen molar-refractivity contribution in [2.24, 2.45) is 0 Å². The second kappa shape index (κ2) is 7.58. The fraction of sp³-hybridized carbons (Fsp3) is 0.0714. The summed E-state index contributed by atoms with van der Waals surface area (Å²) in [6.45, 7) is -0.238. The van der Waals surface area contributed by atoms with Gasteiger partial charge in [0.2, 0.25) is 0 Å². The smallest absolute Gasteiger partial charge is 0.269 e. The highest BCUT2D eigenvalue weighted by atomic mass is 35.5. The molecule has 0 aliphatic carbocycles. The van der Waals surface area contributed by atoms with E-state index in [1.807, 2.05) is 0 Å². The van der Waals surface area contributed by atoms with E-state index in [0.717, 1.165) is 0 Å². The first-order chi connectivity index (χ1) is 10.6. The predicted octanol–water partition coefficient (Wildman–Crippen LogP) is 1.59. The first kappa shape index (κ1) is 16.0. The summed E-state index contributed by atoms with van der Waals surface area (Å²) in [5, 5.41) is 4.72. The molecule has 114 valence electrons. The zero-order valence-electron chi connectivity index (χ0n) is 11.3. The molecule has 3 amide bonds. The number of thiophene rings is 1. The summed E-state index contributed by atoms with van der Waals surface area (Å²) in [6.07, 6.45) is 0. The Morgan fingerprint density at radius 1 is 1.00 bits per heavy atom. The first-order valence-electron chi connectivity index (χ1n) is 6.22. The molecule has 3 N–H and O–H groups in total. The molecule has 0 radical (unpaired) electrons. The van der Waals surface area contributed by atoms with Gasteiger partial charge >= 0.3 is 0 Å². The quantitative estimate of drug-likeness (QED) is 0.740. The van der Waals surface area contributed by atoms with E-state index in [1.54, 1.807) is 29.6 Å². The van der Waals surface area contributed by atoms with E-state index in [0.29, 0.717) is 15.5 Å². The number of nitrogens with one attached hydrogen (secondary N) is 3. The van der Waals surface area contributed by atoms with Gasteiger partial charge in [-0.05, 0) is 35.7 Å². The second-order valence-electron chi connectivity index (χ2n) is 4.17. The maximum Gasteiger partial charge on any atom is 0.269 e. The zero-order chi connectivity index (χ0) is 15.9. The van der Waals surface area contributed by atoms with Gasteiger partial charge in [-0.25, -0.2) is 0 Å². The van der Waals surface area contributed by atoms with Gasteiger partial charge in [0.05, 0.1) is 11.4 Å². The van der Waals surface area contributed by atoms with E-state index in [9.17, 15) is 14.4 Å². The van der Waals surface area contributed by atoms with Crippen molar-refractivity contribution in [3.05, 3.63) is 57.2 Å². The fourth-order valence-corrected chi connectivity index (χ4v) is 2.27. The Hall–Kier alpha value is -2.38. The van der Waals surface area contributed by atoms with Crippen molar-refractivity contribution < 1.29 is 14.4 Å². The molecule has 1 aromatic carbocycles. The van der Waals surface area contributed by atoms with Crippen LogP contribution in [-0.4, -0.2) is 24.3 Å². The van der Waals surface area contributed by atoms with E-state index in [-0.39, 0.29) is 12.5 Å². The Morgan fingerprint density at radius 2 is 1.73 bits per heavy atom. The summed E-state index contributed by atoms with van der Waals surface area (Å²) < 4.78 is 0. The summed E-state index contributed by atoms with van der Waals surface area (Å²) in [5.41, 5.74) is 4.81. The van der Waals surface area contributed by atoms with Gasteiger partial charge in [-0.2, -0.15) is 0 Å². The van der Waals surface area contributed by atoms with E-state index >= 15 is 0 Å². The molecule has 1 heterocycles. The van der Waals surface area contributed by atoms with Crippen LogP contribution in [0.4, 0.5) is 0 Å². The monoisotopic (exact) mass is 337 g/mol. The van der Waals surface area contributed by atoms with Crippen LogP contribution in [0.25, 0.3) is 0 Å². The molecule has 2 rings (SSSR count). The van der Waals surface area contributed by atoms with Crippen LogP contribution in [0.3, 0.4) is 0 Å². The SMILES string of the molecule is O=C(CNC(=O)c1cccs1)NNC(=O)c1ccc(Cl)cc1. The molecule has 0 saturated carbocycles. The Morgan fingerprint density at radius 3 is 2.36 bits per heavy atom. The Balaban J connectivity index is 1.74. The van der Waals surface area contributed by atoms with Crippen molar-refractivity contribution in [1.82, 2.24) is 16.2 Å². The van der Waals surface area contributed by atoms with Crippen LogP contribution >= 0.6 is 22.9 Å². The topological polar surface area (TPSA) is 87.3 Å². The molecule has 0 aliphatic rings. The fourth-order valence-electron chi connectivity index (χ4n) is 1.50. The molecule has 0 spiro atoms. The third-order valence-corrected chi connectivity index (χ3v) is 3.70. The lowest BCUT2D eigenvalue weighted by atomic mass is 10.2. The highest BCUT2D eigenvalue weighted by Gasteiger charge is 2.10. The van der Waals surface area contributed by atoms with Crippen molar-refractivity contribution in [3.63, 3.8) is 0 Å². The normalized spacial score (nSPS) is 9.86. The Bertz CT molecular complexity index is 671. The Labute approximate surface area is 135 Å². The minimum absolute atomic E-state index is 0.238. The molecule has 8 heteroatoms. The summed E-state index contributed by atoms with van der Waals surface area (Å²) in [6, 6.07) is 9.59. The average molecular weight is 338 g/mol. The molecular formula is C14H12ClN3O3S. The lowest BCUT2D eigenvalue weighted by Gasteiger charge is -2.08. The molecule has 0 unspecified atom stereocenters. The lowest BCUT2D eigenvalue weighted by molar-refractivity contribution is -0.120. The molecule has 0 atom stereocenters. The molecule has 0 aliphatic heterocycles. The van der Waals surface area contributed by atoms with Gasteiger partial charge in [-0.1, -0.05) is 17.7 Å². The number of rotatable bonds is 4. The molecular weight excluding hydrogens is 326 g/mol. The number of halogens is 1. The summed E-state index contributed by atoms with van der Waals surface area (Å²) in [4.78, 5) is 35.4. The van der Waals surface area contributed by atoms with Crippen LogP contribution in [0.15, 0.2) is 41.8 Å². The van der Waals surface area contributed by atoms with Crippen molar-refractivity contribution in [2.45, 2.75) is 0 Å². The molecule has 0 saturated heterocycles. The van der Waals surface area contributed by atoms with Crippen molar-refractivity contribution in [3.8, 4) is 0 Å². The zero-order valence-corrected chi connectivity index (χ0v) is 12.8. The molecule has 1 aromatic heterocycles. The number of carbonyl (C=O) groups excluding carboxylic acids is 3. The number of hydrazine groups is 1. The predicted molar refractivity (Wildman–Crippen MR) is 83.7 cm³/mol. The van der Waals surface area contributed by atoms with Crippen molar-refractivity contribution in [1.29, 1.82) is 0 Å². The highest BCUT2D eigenvalue weighted by molar-refractivity contribution is 7.12. The standard InChI is InChI=1S/C14H12ClN3O3S/c15-10-5-3-9(4-6-10)13(20)18-17-12(19)8-16-14(21)11-2-1-7-22-11/h1-7H,8H2,(H,16,21)(H,17,19)(H,18,20). The van der Waals surface area contributed by atoms with Crippen LogP contribution < -0.4 is 16.2 Å². The van der Waals surface area contributed by atoms with Gasteiger partial charge in [0.1, 0.15) is 0 Å². The van der Waals surface area contributed by atoms with Gasteiger partial charge in [-0.15, -0.1) is 11.3 Å². The number of benzene rings is 1. The summed E-state index contributed by atoms with van der Waals surface area (Å²) in [5.74, 6) is -1.35. The van der Waals surface area contributed by atoms with E-state index in [1.165, 1.54) is 23.5 Å². The molecule has 2 aromatic rings. The number of amides is 3. The van der Waals surface area contributed by atoms with Crippen LogP contribution in [0.2, 0.25) is 5.02 Å². The molecule has 6 nitrogen and oxygen atoms in total. The van der Waals surface area contributed by atoms with Gasteiger partial charge in [0.25, 0.3) is 17.7 Å². The lowest BCUT2D eigenvalue weighted by Crippen LogP contribution is -2.46. The summed E-state index contributed by atoms with van der Waals surface area (Å²) in [7, 11) is 0. The van der Waals surface area contributed by atoms with Crippen LogP contribution in [0, 0.1) is 0 Å². The molecule has 0 fully saturated rings. The van der Waals surface area contributed by atoms with Crippen LogP contribution in [0.5, 0.6) is 0 Å². The van der Waals surface area contributed by atoms with Crippen molar-refractivity contribution >= 4 is 40.7 Å². The van der Waals surface area contributed by atoms with Gasteiger partial charge in [0, 0.05) is 10.6 Å². The Kier molecular flexibility index (Phi) is 5.51. The van der Waals surface area contributed by atoms with Gasteiger partial charge in [-0.3, -0.25) is 25.2 Å². The van der Waals surface area contributed by atoms with E-state index in [2.05, 4.69) is 16.2 Å². The number of hydrogen-bond donors (Lipinski definition) is 3. The highest BCUT2D eigenvalue weighted by Crippen LogP contribution is 2.09. The minimum Gasteiger partial charge on any atom is -0.342 e. The maximum absolute atomic E-state index is 11.7. The van der Waals surface area contributed by atoms with Gasteiger partial charge < -0.3 is 5.32 Å². The van der Waals surface area contributed by atoms with E-state index < -0.39 is 11.8 Å². The first-order valence-corrected chi connectivity index (χ1v) is 7.48. The number of carbonyl (C=O) groups is 3. The second-order valence-corrected chi connectivity index (χ2v) is 5.55. The maximum atomic E-state index is 11.7. The average Bonchev–Trinajstić information content (AvgIpc) is 3.05. The minimum atomic E-state index is -0.535. The van der Waals surface area contributed by atoms with Crippen molar-refractivity contribution in [2.75, 3.05) is 6.54 Å². The molecule has 0 bridgehead atoms. The third-order valence-electron chi connectivity index (χ3n) is 2.58. The van der Waals surface area contributed by atoms with Gasteiger partial charge in [0.15, 0.2) is 0 Å². The largest absolute Gasteiger partial charge is 0.342 e. The third kappa shape index (κ3) is 4.57. The number of hydrogen-bond acceptors (Lipinski definition) is 4. The van der Waals surface area contributed by atoms with E-state index in [4.69, 9.17) is 11.6 Å². The van der Waals surface area contributed by atoms with Crippen LogP contribution in [0.1, 0.15) is 20.0 Å².